The Labute approximate surface area is 103 Å². The zero-order chi connectivity index (χ0) is 12.5. The third-order valence-electron chi connectivity index (χ3n) is 3.36. The Morgan fingerprint density at radius 1 is 1.50 bits per heavy atom. The molecule has 0 bridgehead atoms. The number of carbonyl (C=O) groups is 1. The van der Waals surface area contributed by atoms with Gasteiger partial charge in [0, 0.05) is 5.92 Å². The topological polar surface area (TPSA) is 80.9 Å². The minimum atomic E-state index is -0.390. The number of aryl methyl sites for hydroxylation is 1. The number of aliphatic hydroxyl groups excluding tert-OH is 1. The summed E-state index contributed by atoms with van der Waals surface area (Å²) in [6.45, 7) is -0.390. The van der Waals surface area contributed by atoms with E-state index in [0.29, 0.717) is 0 Å². The molecule has 1 N–H and O–H groups in total. The fourth-order valence-electron chi connectivity index (χ4n) is 2.47. The van der Waals surface area contributed by atoms with Gasteiger partial charge >= 0.3 is 0 Å². The molecule has 92 valence electrons. The van der Waals surface area contributed by atoms with Gasteiger partial charge in [-0.2, -0.15) is 0 Å². The molecule has 0 saturated carbocycles. The van der Waals surface area contributed by atoms with Gasteiger partial charge in [-0.25, -0.2) is 4.68 Å². The number of hydrogen-bond acceptors (Lipinski definition) is 5. The van der Waals surface area contributed by atoms with Crippen molar-refractivity contribution < 1.29 is 9.90 Å². The number of fused-ring (bicyclic) bond motifs is 1. The molecule has 1 aromatic heterocycles. The highest BCUT2D eigenvalue weighted by molar-refractivity contribution is 5.87. The molecule has 0 aliphatic heterocycles. The first-order valence-corrected chi connectivity index (χ1v) is 5.79. The fraction of sp³-hybridized carbons (Fsp3) is 0.333. The Bertz CT molecular complexity index is 580. The van der Waals surface area contributed by atoms with E-state index in [2.05, 4.69) is 15.5 Å². The molecule has 18 heavy (non-hydrogen) atoms. The van der Waals surface area contributed by atoms with Crippen LogP contribution < -0.4 is 0 Å². The molecule has 1 aliphatic rings. The summed E-state index contributed by atoms with van der Waals surface area (Å²) in [4.78, 5) is 11.6. The van der Waals surface area contributed by atoms with Crippen molar-refractivity contribution in [1.29, 1.82) is 0 Å². The largest absolute Gasteiger partial charge is 0.389 e. The summed E-state index contributed by atoms with van der Waals surface area (Å²) in [6.07, 6.45) is 3.16. The van der Waals surface area contributed by atoms with Crippen LogP contribution in [0.3, 0.4) is 0 Å². The Balaban J connectivity index is 1.97. The fourth-order valence-corrected chi connectivity index (χ4v) is 2.47. The summed E-state index contributed by atoms with van der Waals surface area (Å²) >= 11 is 0. The van der Waals surface area contributed by atoms with Gasteiger partial charge in [-0.05, 0) is 46.5 Å². The molecule has 3 rings (SSSR count). The van der Waals surface area contributed by atoms with Crippen LogP contribution in [0.4, 0.5) is 0 Å². The van der Waals surface area contributed by atoms with E-state index in [1.54, 1.807) is 4.68 Å². The predicted octanol–water partition coefficient (Wildman–Crippen LogP) is 0.253. The molecule has 1 heterocycles. The molecule has 0 radical (unpaired) electrons. The van der Waals surface area contributed by atoms with Crippen LogP contribution >= 0.6 is 0 Å². The van der Waals surface area contributed by atoms with Crippen LogP contribution in [-0.4, -0.2) is 37.7 Å². The highest BCUT2D eigenvalue weighted by atomic mass is 16.3. The second-order valence-corrected chi connectivity index (χ2v) is 4.35. The molecule has 0 fully saturated rings. The normalized spacial score (nSPS) is 17.7. The number of tetrazole rings is 1. The first-order valence-electron chi connectivity index (χ1n) is 5.79. The van der Waals surface area contributed by atoms with Crippen molar-refractivity contribution >= 4 is 5.78 Å². The van der Waals surface area contributed by atoms with Gasteiger partial charge in [0.2, 0.25) is 0 Å². The molecular formula is C12H12N4O2. The minimum Gasteiger partial charge on any atom is -0.389 e. The van der Waals surface area contributed by atoms with Crippen molar-refractivity contribution in [2.24, 2.45) is 0 Å². The van der Waals surface area contributed by atoms with Crippen LogP contribution in [0.15, 0.2) is 24.5 Å². The number of benzene rings is 1. The summed E-state index contributed by atoms with van der Waals surface area (Å²) < 4.78 is 1.58. The third kappa shape index (κ3) is 1.70. The molecular weight excluding hydrogens is 232 g/mol. The van der Waals surface area contributed by atoms with E-state index in [4.69, 9.17) is 5.11 Å². The molecule has 0 spiro atoms. The maximum atomic E-state index is 11.6. The minimum absolute atomic E-state index is 0.107. The Morgan fingerprint density at radius 3 is 3.11 bits per heavy atom. The lowest BCUT2D eigenvalue weighted by molar-refractivity contribution is -0.123. The second-order valence-electron chi connectivity index (χ2n) is 4.35. The van der Waals surface area contributed by atoms with Gasteiger partial charge < -0.3 is 5.11 Å². The highest BCUT2D eigenvalue weighted by Crippen LogP contribution is 2.34. The monoisotopic (exact) mass is 244 g/mol. The predicted molar refractivity (Wildman–Crippen MR) is 62.3 cm³/mol. The van der Waals surface area contributed by atoms with E-state index >= 15 is 0 Å². The van der Waals surface area contributed by atoms with Crippen molar-refractivity contribution in [3.05, 3.63) is 35.7 Å². The molecule has 6 heteroatoms. The molecule has 6 nitrogen and oxygen atoms in total. The summed E-state index contributed by atoms with van der Waals surface area (Å²) in [5, 5.41) is 20.0. The van der Waals surface area contributed by atoms with Crippen LogP contribution in [0.5, 0.6) is 0 Å². The van der Waals surface area contributed by atoms with Gasteiger partial charge in [-0.1, -0.05) is 6.07 Å². The lowest BCUT2D eigenvalue weighted by Crippen LogP contribution is -2.13. The van der Waals surface area contributed by atoms with Crippen molar-refractivity contribution in [3.63, 3.8) is 0 Å². The maximum Gasteiger partial charge on any atom is 0.165 e. The van der Waals surface area contributed by atoms with E-state index in [1.165, 1.54) is 6.33 Å². The molecule has 1 aliphatic carbocycles. The van der Waals surface area contributed by atoms with Crippen molar-refractivity contribution in [2.45, 2.75) is 18.8 Å². The summed E-state index contributed by atoms with van der Waals surface area (Å²) in [6, 6.07) is 5.81. The number of hydrogen-bond donors (Lipinski definition) is 1. The number of carbonyl (C=O) groups excluding carboxylic acids is 1. The maximum absolute atomic E-state index is 11.6. The molecule has 2 aromatic rings. The van der Waals surface area contributed by atoms with Gasteiger partial charge in [0.1, 0.15) is 12.9 Å². The number of aliphatic hydroxyl groups is 1. The second kappa shape index (κ2) is 4.30. The van der Waals surface area contributed by atoms with Crippen LogP contribution in [0, 0.1) is 0 Å². The molecule has 0 amide bonds. The first kappa shape index (κ1) is 11.0. The van der Waals surface area contributed by atoms with E-state index in [0.717, 1.165) is 29.7 Å². The number of ketones is 1. The summed E-state index contributed by atoms with van der Waals surface area (Å²) in [5.74, 6) is -0.267. The average Bonchev–Trinajstić information content (AvgIpc) is 3.06. The van der Waals surface area contributed by atoms with Crippen molar-refractivity contribution in [2.75, 3.05) is 6.61 Å². The Kier molecular flexibility index (Phi) is 2.64. The zero-order valence-corrected chi connectivity index (χ0v) is 9.65. The first-order chi connectivity index (χ1) is 8.79. The SMILES string of the molecule is O=C(CO)C1CCc2cc(-n3cnnn3)ccc21. The van der Waals surface area contributed by atoms with Gasteiger partial charge in [-0.15, -0.1) is 5.10 Å². The highest BCUT2D eigenvalue weighted by Gasteiger charge is 2.28. The van der Waals surface area contributed by atoms with E-state index in [-0.39, 0.29) is 11.7 Å². The lowest BCUT2D eigenvalue weighted by atomic mass is 9.97. The number of nitrogens with zero attached hydrogens (tertiary/aromatic N) is 4. The number of rotatable bonds is 3. The molecule has 1 atom stereocenters. The van der Waals surface area contributed by atoms with E-state index in [9.17, 15) is 4.79 Å². The Morgan fingerprint density at radius 2 is 2.39 bits per heavy atom. The number of Topliss-reactive ketones (excluding diaryl/α,β-unsaturated/α-hetero) is 1. The van der Waals surface area contributed by atoms with Gasteiger partial charge in [0.25, 0.3) is 0 Å². The Hall–Kier alpha value is -2.08. The van der Waals surface area contributed by atoms with Gasteiger partial charge in [0.05, 0.1) is 5.69 Å². The molecule has 1 unspecified atom stereocenters. The van der Waals surface area contributed by atoms with Crippen LogP contribution in [0.2, 0.25) is 0 Å². The zero-order valence-electron chi connectivity index (χ0n) is 9.65. The van der Waals surface area contributed by atoms with Crippen LogP contribution in [-0.2, 0) is 11.2 Å². The number of aromatic nitrogens is 4. The van der Waals surface area contributed by atoms with Crippen molar-refractivity contribution in [1.82, 2.24) is 20.2 Å². The van der Waals surface area contributed by atoms with E-state index in [1.807, 2.05) is 18.2 Å². The third-order valence-corrected chi connectivity index (χ3v) is 3.36. The van der Waals surface area contributed by atoms with Crippen molar-refractivity contribution in [3.8, 4) is 5.69 Å². The average molecular weight is 244 g/mol. The molecule has 1 aromatic carbocycles. The van der Waals surface area contributed by atoms with E-state index < -0.39 is 6.61 Å². The summed E-state index contributed by atoms with van der Waals surface area (Å²) in [5.41, 5.74) is 3.04. The summed E-state index contributed by atoms with van der Waals surface area (Å²) in [7, 11) is 0. The van der Waals surface area contributed by atoms with Gasteiger partial charge in [-0.3, -0.25) is 4.79 Å². The quantitative estimate of drug-likeness (QED) is 0.837. The van der Waals surface area contributed by atoms with Gasteiger partial charge in [0.15, 0.2) is 5.78 Å². The molecule has 0 saturated heterocycles. The smallest absolute Gasteiger partial charge is 0.165 e. The lowest BCUT2D eigenvalue weighted by Gasteiger charge is -2.09. The van der Waals surface area contributed by atoms with Crippen LogP contribution in [0.25, 0.3) is 5.69 Å². The standard InChI is InChI=1S/C12H12N4O2/c17-6-12(18)11-3-1-8-5-9(2-4-10(8)11)16-7-13-14-15-16/h2,4-5,7,11,17H,1,3,6H2. The van der Waals surface area contributed by atoms with Crippen LogP contribution in [0.1, 0.15) is 23.5 Å².